The second-order valence-corrected chi connectivity index (χ2v) is 13.4. The Morgan fingerprint density at radius 1 is 0.340 bits per heavy atom. The van der Waals surface area contributed by atoms with Crippen molar-refractivity contribution in [3.63, 3.8) is 0 Å². The fourth-order valence-corrected chi connectivity index (χ4v) is 8.07. The van der Waals surface area contributed by atoms with Crippen LogP contribution in [0.5, 0.6) is 0 Å². The highest BCUT2D eigenvalue weighted by Gasteiger charge is 2.24. The van der Waals surface area contributed by atoms with Crippen LogP contribution in [0.4, 0.5) is 17.1 Å². The zero-order valence-electron chi connectivity index (χ0n) is 26.3. The van der Waals surface area contributed by atoms with E-state index in [9.17, 15) is 0 Å². The number of nitrogens with zero attached hydrogens (tertiary/aromatic N) is 7. The largest absolute Gasteiger partial charge is 0.308 e. The number of anilines is 3. The van der Waals surface area contributed by atoms with Crippen LogP contribution >= 0.6 is 11.8 Å². The first-order chi connectivity index (χ1) is 24.7. The number of para-hydroxylation sites is 6. The van der Waals surface area contributed by atoms with Gasteiger partial charge < -0.3 is 4.90 Å². The molecule has 50 heavy (non-hydrogen) atoms. The quantitative estimate of drug-likeness (QED) is 0.134. The summed E-state index contributed by atoms with van der Waals surface area (Å²) < 4.78 is 0. The number of aromatic nitrogens is 6. The summed E-state index contributed by atoms with van der Waals surface area (Å²) in [7, 11) is 0. The van der Waals surface area contributed by atoms with Gasteiger partial charge in [0.1, 0.15) is 33.1 Å². The number of fused-ring (bicyclic) bond motifs is 11. The van der Waals surface area contributed by atoms with Crippen LogP contribution in [0.15, 0.2) is 149 Å². The molecule has 0 aliphatic carbocycles. The van der Waals surface area contributed by atoms with E-state index in [0.29, 0.717) is 33.1 Å². The van der Waals surface area contributed by atoms with Crippen LogP contribution < -0.4 is 4.90 Å². The average Bonchev–Trinajstić information content (AvgIpc) is 3.18. The molecule has 0 saturated carbocycles. The third kappa shape index (κ3) is 4.12. The molecule has 0 radical (unpaired) electrons. The van der Waals surface area contributed by atoms with Gasteiger partial charge in [0.2, 0.25) is 0 Å². The van der Waals surface area contributed by atoms with Gasteiger partial charge in [0.05, 0.1) is 44.5 Å². The summed E-state index contributed by atoms with van der Waals surface area (Å²) >= 11 is 1.81. The topological polar surface area (TPSA) is 80.6 Å². The maximum atomic E-state index is 5.23. The van der Waals surface area contributed by atoms with E-state index < -0.39 is 0 Å². The first-order valence-electron chi connectivity index (χ1n) is 16.4. The number of rotatable bonds is 2. The highest BCUT2D eigenvalue weighted by atomic mass is 32.2. The molecule has 7 nitrogen and oxygen atoms in total. The van der Waals surface area contributed by atoms with Crippen molar-refractivity contribution in [2.24, 2.45) is 0 Å². The smallest absolute Gasteiger partial charge is 0.120 e. The molecule has 1 aliphatic rings. The first kappa shape index (κ1) is 27.4. The first-order valence-corrected chi connectivity index (χ1v) is 17.2. The van der Waals surface area contributed by atoms with E-state index in [2.05, 4.69) is 89.8 Å². The van der Waals surface area contributed by atoms with Gasteiger partial charge in [-0.25, -0.2) is 29.9 Å². The van der Waals surface area contributed by atoms with Crippen molar-refractivity contribution in [2.45, 2.75) is 9.79 Å². The zero-order chi connectivity index (χ0) is 32.8. The van der Waals surface area contributed by atoms with Gasteiger partial charge >= 0.3 is 0 Å². The second-order valence-electron chi connectivity index (χ2n) is 12.4. The molecule has 10 aromatic rings. The maximum absolute atomic E-state index is 5.23. The molecular formula is C42H23N7S. The minimum absolute atomic E-state index is 0.663. The van der Waals surface area contributed by atoms with E-state index >= 15 is 0 Å². The van der Waals surface area contributed by atoms with Crippen molar-refractivity contribution in [1.82, 2.24) is 29.9 Å². The predicted octanol–water partition coefficient (Wildman–Crippen LogP) is 10.6. The van der Waals surface area contributed by atoms with Gasteiger partial charge in [0, 0.05) is 15.5 Å². The third-order valence-electron chi connectivity index (χ3n) is 9.37. The van der Waals surface area contributed by atoms with E-state index in [0.717, 1.165) is 49.9 Å². The molecule has 3 aromatic heterocycles. The molecule has 1 aliphatic heterocycles. The molecule has 0 fully saturated rings. The number of hydrogen-bond acceptors (Lipinski definition) is 8. The summed E-state index contributed by atoms with van der Waals surface area (Å²) in [6.45, 7) is 0. The van der Waals surface area contributed by atoms with Crippen molar-refractivity contribution >= 4 is 95.0 Å². The van der Waals surface area contributed by atoms with Gasteiger partial charge in [-0.05, 0) is 83.9 Å². The van der Waals surface area contributed by atoms with Gasteiger partial charge in [0.25, 0.3) is 0 Å². The van der Waals surface area contributed by atoms with Crippen molar-refractivity contribution in [3.8, 4) is 11.1 Å². The van der Waals surface area contributed by atoms with E-state index in [1.54, 1.807) is 0 Å². The van der Waals surface area contributed by atoms with Crippen LogP contribution in [-0.2, 0) is 0 Å². The maximum Gasteiger partial charge on any atom is 0.120 e. The fourth-order valence-electron chi connectivity index (χ4n) is 7.01. The summed E-state index contributed by atoms with van der Waals surface area (Å²) in [5, 5.41) is 0. The molecule has 11 rings (SSSR count). The standard InChI is InChI=1S/C42H23N7S/c1-2-10-28-27(9-1)43-37-38-40(46-30-12-4-3-11-29(30)44-38)42-41(39(37)45-28)47-31-22-19-25(23-32(31)48-42)24-17-20-26(21-18-24)49-33-13-5-7-15-35(33)50-36-16-8-6-14-34(36)49/h1-23H. The SMILES string of the molecule is c1ccc2c(c1)Sc1ccccc1N2c1ccc(-c2ccc3nc4c5nc6ccccc6nc5c5nc6ccccc6nc5c4nc3c2)cc1. The van der Waals surface area contributed by atoms with Crippen LogP contribution in [0.3, 0.4) is 0 Å². The van der Waals surface area contributed by atoms with Crippen LogP contribution in [0.1, 0.15) is 0 Å². The molecular weight excluding hydrogens is 635 g/mol. The lowest BCUT2D eigenvalue weighted by Gasteiger charge is -2.32. The van der Waals surface area contributed by atoms with Gasteiger partial charge in [-0.1, -0.05) is 78.5 Å². The van der Waals surface area contributed by atoms with Gasteiger partial charge in [0.15, 0.2) is 0 Å². The Kier molecular flexibility index (Phi) is 5.76. The molecule has 0 atom stereocenters. The Balaban J connectivity index is 1.08. The monoisotopic (exact) mass is 657 g/mol. The molecule has 0 spiro atoms. The predicted molar refractivity (Wildman–Crippen MR) is 202 cm³/mol. The van der Waals surface area contributed by atoms with Crippen molar-refractivity contribution in [1.29, 1.82) is 0 Å². The lowest BCUT2D eigenvalue weighted by atomic mass is 10.0. The van der Waals surface area contributed by atoms with E-state index in [1.165, 1.54) is 21.2 Å². The van der Waals surface area contributed by atoms with Crippen LogP contribution in [0.2, 0.25) is 0 Å². The van der Waals surface area contributed by atoms with Crippen LogP contribution in [0, 0.1) is 0 Å². The highest BCUT2D eigenvalue weighted by Crippen LogP contribution is 2.51. The van der Waals surface area contributed by atoms with E-state index in [-0.39, 0.29) is 0 Å². The summed E-state index contributed by atoms with van der Waals surface area (Å²) in [5.41, 5.74) is 14.4. The Morgan fingerprint density at radius 2 is 0.720 bits per heavy atom. The summed E-state index contributed by atoms with van der Waals surface area (Å²) in [4.78, 5) is 35.4. The lowest BCUT2D eigenvalue weighted by Crippen LogP contribution is -2.14. The number of benzene rings is 7. The molecule has 232 valence electrons. The molecule has 0 bridgehead atoms. The molecule has 7 aromatic carbocycles. The van der Waals surface area contributed by atoms with Crippen molar-refractivity contribution < 1.29 is 0 Å². The molecule has 4 heterocycles. The average molecular weight is 658 g/mol. The zero-order valence-corrected chi connectivity index (χ0v) is 27.1. The minimum Gasteiger partial charge on any atom is -0.308 e. The van der Waals surface area contributed by atoms with Gasteiger partial charge in [-0.15, -0.1) is 0 Å². The van der Waals surface area contributed by atoms with Crippen molar-refractivity contribution in [2.75, 3.05) is 4.90 Å². The molecule has 0 unspecified atom stereocenters. The molecule has 0 saturated heterocycles. The van der Waals surface area contributed by atoms with Crippen LogP contribution in [0.25, 0.3) is 77.3 Å². The molecule has 0 amide bonds. The lowest BCUT2D eigenvalue weighted by molar-refractivity contribution is 1.17. The van der Waals surface area contributed by atoms with Crippen molar-refractivity contribution in [3.05, 3.63) is 140 Å². The van der Waals surface area contributed by atoms with E-state index in [1.807, 2.05) is 66.4 Å². The summed E-state index contributed by atoms with van der Waals surface area (Å²) in [5.74, 6) is 0. The van der Waals surface area contributed by atoms with Gasteiger partial charge in [-0.2, -0.15) is 0 Å². The Morgan fingerprint density at radius 3 is 1.20 bits per heavy atom. The molecule has 0 N–H and O–H groups in total. The second kappa shape index (κ2) is 10.5. The van der Waals surface area contributed by atoms with Gasteiger partial charge in [-0.3, -0.25) is 0 Å². The highest BCUT2D eigenvalue weighted by molar-refractivity contribution is 7.99. The summed E-state index contributed by atoms with van der Waals surface area (Å²) in [6.07, 6.45) is 0. The van der Waals surface area contributed by atoms with E-state index in [4.69, 9.17) is 29.9 Å². The Hall–Kier alpha value is -6.51. The summed E-state index contributed by atoms with van der Waals surface area (Å²) in [6, 6.07) is 47.9. The third-order valence-corrected chi connectivity index (χ3v) is 10.5. The van der Waals surface area contributed by atoms with Crippen LogP contribution in [-0.4, -0.2) is 29.9 Å². The number of hydrogen-bond donors (Lipinski definition) is 0. The molecule has 8 heteroatoms. The minimum atomic E-state index is 0.663. The fraction of sp³-hybridized carbons (Fsp3) is 0. The normalized spacial score (nSPS) is 12.7. The Labute approximate surface area is 289 Å². The Bertz CT molecular complexity index is 2940.